The average molecular weight is 350 g/mol. The molecule has 0 aliphatic carbocycles. The SMILES string of the molecule is N#C/C(=C/Nc1cccc(Br)c1)C(=O)NCC1CCCO1. The van der Waals surface area contributed by atoms with Gasteiger partial charge in [-0.2, -0.15) is 5.26 Å². The zero-order chi connectivity index (χ0) is 15.1. The number of amides is 1. The van der Waals surface area contributed by atoms with Crippen molar-refractivity contribution in [2.75, 3.05) is 18.5 Å². The topological polar surface area (TPSA) is 74.2 Å². The summed E-state index contributed by atoms with van der Waals surface area (Å²) in [4.78, 5) is 11.9. The van der Waals surface area contributed by atoms with Gasteiger partial charge in [-0.15, -0.1) is 0 Å². The Bertz CT molecular complexity index is 575. The van der Waals surface area contributed by atoms with Crippen LogP contribution in [0.2, 0.25) is 0 Å². The lowest BCUT2D eigenvalue weighted by molar-refractivity contribution is -0.117. The number of rotatable bonds is 5. The quantitative estimate of drug-likeness (QED) is 0.632. The van der Waals surface area contributed by atoms with E-state index in [1.54, 1.807) is 0 Å². The zero-order valence-electron chi connectivity index (χ0n) is 11.4. The predicted molar refractivity (Wildman–Crippen MR) is 83.4 cm³/mol. The maximum Gasteiger partial charge on any atom is 0.263 e. The van der Waals surface area contributed by atoms with E-state index >= 15 is 0 Å². The molecule has 2 N–H and O–H groups in total. The summed E-state index contributed by atoms with van der Waals surface area (Å²) >= 11 is 3.36. The highest BCUT2D eigenvalue weighted by molar-refractivity contribution is 9.10. The molecule has 0 aromatic heterocycles. The normalized spacial score (nSPS) is 18.1. The van der Waals surface area contributed by atoms with Crippen molar-refractivity contribution in [1.82, 2.24) is 5.32 Å². The van der Waals surface area contributed by atoms with Gasteiger partial charge < -0.3 is 15.4 Å². The number of hydrogen-bond donors (Lipinski definition) is 2. The highest BCUT2D eigenvalue weighted by Gasteiger charge is 2.17. The molecule has 1 unspecified atom stereocenters. The van der Waals surface area contributed by atoms with Crippen LogP contribution in [0.1, 0.15) is 12.8 Å². The number of carbonyl (C=O) groups excluding carboxylic acids is 1. The van der Waals surface area contributed by atoms with Crippen molar-refractivity contribution in [1.29, 1.82) is 5.26 Å². The van der Waals surface area contributed by atoms with E-state index in [-0.39, 0.29) is 11.7 Å². The first-order valence-corrected chi connectivity index (χ1v) is 7.50. The Hall–Kier alpha value is -1.84. The lowest BCUT2D eigenvalue weighted by Crippen LogP contribution is -2.32. The number of carbonyl (C=O) groups is 1. The monoisotopic (exact) mass is 349 g/mol. The third kappa shape index (κ3) is 4.88. The lowest BCUT2D eigenvalue weighted by Gasteiger charge is -2.10. The molecule has 1 aliphatic rings. The molecule has 0 saturated carbocycles. The van der Waals surface area contributed by atoms with Crippen molar-refractivity contribution in [3.63, 3.8) is 0 Å². The fraction of sp³-hybridized carbons (Fsp3) is 0.333. The van der Waals surface area contributed by atoms with E-state index in [4.69, 9.17) is 10.00 Å². The number of nitrogens with zero attached hydrogens (tertiary/aromatic N) is 1. The Balaban J connectivity index is 1.90. The van der Waals surface area contributed by atoms with E-state index in [0.717, 1.165) is 29.6 Å². The van der Waals surface area contributed by atoms with Crippen LogP contribution < -0.4 is 10.6 Å². The summed E-state index contributed by atoms with van der Waals surface area (Å²) in [5.41, 5.74) is 0.831. The number of nitriles is 1. The number of hydrogen-bond acceptors (Lipinski definition) is 4. The van der Waals surface area contributed by atoms with E-state index in [0.29, 0.717) is 6.54 Å². The number of halogens is 1. The number of ether oxygens (including phenoxy) is 1. The summed E-state index contributed by atoms with van der Waals surface area (Å²) in [7, 11) is 0. The molecular weight excluding hydrogens is 334 g/mol. The molecule has 1 aliphatic heterocycles. The van der Waals surface area contributed by atoms with Gasteiger partial charge in [-0.25, -0.2) is 0 Å². The molecule has 0 radical (unpaired) electrons. The van der Waals surface area contributed by atoms with Crippen molar-refractivity contribution in [3.8, 4) is 6.07 Å². The van der Waals surface area contributed by atoms with E-state index < -0.39 is 5.91 Å². The van der Waals surface area contributed by atoms with Crippen LogP contribution in [0.4, 0.5) is 5.69 Å². The molecule has 2 rings (SSSR count). The Labute approximate surface area is 132 Å². The smallest absolute Gasteiger partial charge is 0.263 e. The van der Waals surface area contributed by atoms with E-state index in [1.165, 1.54) is 6.20 Å². The van der Waals surface area contributed by atoms with Gasteiger partial charge >= 0.3 is 0 Å². The summed E-state index contributed by atoms with van der Waals surface area (Å²) in [5.74, 6) is -0.393. The molecule has 5 nitrogen and oxygen atoms in total. The van der Waals surface area contributed by atoms with Gasteiger partial charge in [-0.1, -0.05) is 22.0 Å². The Morgan fingerprint density at radius 1 is 1.57 bits per heavy atom. The number of anilines is 1. The van der Waals surface area contributed by atoms with Crippen molar-refractivity contribution in [3.05, 3.63) is 40.5 Å². The first-order valence-electron chi connectivity index (χ1n) is 6.71. The van der Waals surface area contributed by atoms with Crippen LogP contribution in [0, 0.1) is 11.3 Å². The molecule has 0 bridgehead atoms. The second-order valence-electron chi connectivity index (χ2n) is 4.67. The summed E-state index contributed by atoms with van der Waals surface area (Å²) < 4.78 is 6.34. The highest BCUT2D eigenvalue weighted by atomic mass is 79.9. The molecule has 110 valence electrons. The molecule has 1 saturated heterocycles. The highest BCUT2D eigenvalue weighted by Crippen LogP contribution is 2.16. The van der Waals surface area contributed by atoms with Crippen LogP contribution in [0.25, 0.3) is 0 Å². The molecule has 1 heterocycles. The minimum Gasteiger partial charge on any atom is -0.376 e. The zero-order valence-corrected chi connectivity index (χ0v) is 13.0. The van der Waals surface area contributed by atoms with Crippen molar-refractivity contribution >= 4 is 27.5 Å². The average Bonchev–Trinajstić information content (AvgIpc) is 2.99. The number of nitrogens with one attached hydrogen (secondary N) is 2. The summed E-state index contributed by atoms with van der Waals surface area (Å²) in [5, 5.41) is 14.7. The number of benzene rings is 1. The minimum atomic E-state index is -0.393. The Kier molecular flexibility index (Phi) is 5.78. The van der Waals surface area contributed by atoms with Crippen LogP contribution in [0.5, 0.6) is 0 Å². The first kappa shape index (κ1) is 15.5. The molecular formula is C15H16BrN3O2. The van der Waals surface area contributed by atoms with Crippen molar-refractivity contribution in [2.45, 2.75) is 18.9 Å². The van der Waals surface area contributed by atoms with Gasteiger partial charge in [-0.05, 0) is 31.0 Å². The van der Waals surface area contributed by atoms with Crippen LogP contribution in [-0.2, 0) is 9.53 Å². The molecule has 1 fully saturated rings. The van der Waals surface area contributed by atoms with Crippen LogP contribution in [0.3, 0.4) is 0 Å². The molecule has 0 spiro atoms. The fourth-order valence-electron chi connectivity index (χ4n) is 1.99. The van der Waals surface area contributed by atoms with Crippen molar-refractivity contribution in [2.24, 2.45) is 0 Å². The molecule has 1 aromatic carbocycles. The molecule has 1 amide bonds. The third-order valence-corrected chi connectivity index (χ3v) is 3.58. The van der Waals surface area contributed by atoms with Gasteiger partial charge in [0.1, 0.15) is 11.6 Å². The van der Waals surface area contributed by atoms with Gasteiger partial charge in [0.05, 0.1) is 6.10 Å². The van der Waals surface area contributed by atoms with E-state index in [1.807, 2.05) is 30.3 Å². The van der Waals surface area contributed by atoms with Crippen LogP contribution >= 0.6 is 15.9 Å². The largest absolute Gasteiger partial charge is 0.376 e. The van der Waals surface area contributed by atoms with Gasteiger partial charge in [-0.3, -0.25) is 4.79 Å². The Morgan fingerprint density at radius 3 is 3.10 bits per heavy atom. The lowest BCUT2D eigenvalue weighted by atomic mass is 10.2. The van der Waals surface area contributed by atoms with Gasteiger partial charge in [0.2, 0.25) is 0 Å². The molecule has 1 aromatic rings. The molecule has 1 atom stereocenters. The second-order valence-corrected chi connectivity index (χ2v) is 5.59. The minimum absolute atomic E-state index is 0.0352. The van der Waals surface area contributed by atoms with Crippen molar-refractivity contribution < 1.29 is 9.53 Å². The summed E-state index contributed by atoms with van der Waals surface area (Å²) in [6, 6.07) is 9.36. The van der Waals surface area contributed by atoms with E-state index in [9.17, 15) is 4.79 Å². The van der Waals surface area contributed by atoms with Crippen LogP contribution in [-0.4, -0.2) is 25.2 Å². The second kappa shape index (κ2) is 7.81. The standard InChI is InChI=1S/C15H16BrN3O2/c16-12-3-1-4-13(7-12)18-9-11(8-17)15(20)19-10-14-5-2-6-21-14/h1,3-4,7,9,14,18H,2,5-6,10H2,(H,19,20)/b11-9-. The Morgan fingerprint density at radius 2 is 2.43 bits per heavy atom. The first-order chi connectivity index (χ1) is 10.2. The summed E-state index contributed by atoms with van der Waals surface area (Å²) in [6.45, 7) is 1.18. The fourth-order valence-corrected chi connectivity index (χ4v) is 2.39. The predicted octanol–water partition coefficient (Wildman–Crippen LogP) is 2.56. The van der Waals surface area contributed by atoms with Gasteiger partial charge in [0.25, 0.3) is 5.91 Å². The molecule has 6 heteroatoms. The van der Waals surface area contributed by atoms with Crippen LogP contribution in [0.15, 0.2) is 40.5 Å². The third-order valence-electron chi connectivity index (χ3n) is 3.09. The maximum absolute atomic E-state index is 11.9. The maximum atomic E-state index is 11.9. The van der Waals surface area contributed by atoms with Gasteiger partial charge in [0.15, 0.2) is 0 Å². The van der Waals surface area contributed by atoms with Gasteiger partial charge in [0, 0.05) is 29.5 Å². The molecule has 21 heavy (non-hydrogen) atoms. The van der Waals surface area contributed by atoms with E-state index in [2.05, 4.69) is 26.6 Å². The summed E-state index contributed by atoms with van der Waals surface area (Å²) in [6.07, 6.45) is 3.44.